The Hall–Kier alpha value is -1.65. The van der Waals surface area contributed by atoms with E-state index in [1.165, 1.54) is 49.6 Å². The van der Waals surface area contributed by atoms with E-state index < -0.39 is 0 Å². The minimum absolute atomic E-state index is 0.0918. The molecule has 0 saturated heterocycles. The van der Waals surface area contributed by atoms with Gasteiger partial charge in [0.2, 0.25) is 5.91 Å². The standard InChI is InChI=1S/C18H27N3O2/c22-17(10-6-14-4-2-1-3-5-14)19-12-13-21-18(23)11-9-16(20-21)15-7-8-15/h9,11,14-15H,1-8,10,12-13H2,(H,19,22). The monoisotopic (exact) mass is 317 g/mol. The second-order valence-corrected chi connectivity index (χ2v) is 6.99. The van der Waals surface area contributed by atoms with Gasteiger partial charge >= 0.3 is 0 Å². The number of nitrogens with one attached hydrogen (secondary N) is 1. The van der Waals surface area contributed by atoms with Gasteiger partial charge in [-0.25, -0.2) is 4.68 Å². The Balaban J connectivity index is 1.39. The summed E-state index contributed by atoms with van der Waals surface area (Å²) in [6, 6.07) is 3.42. The molecule has 3 rings (SSSR count). The summed E-state index contributed by atoms with van der Waals surface area (Å²) in [5.41, 5.74) is 0.916. The molecule has 1 amide bonds. The maximum atomic E-state index is 11.9. The van der Waals surface area contributed by atoms with Crippen molar-refractivity contribution in [2.24, 2.45) is 5.92 Å². The Bertz CT molecular complexity index is 586. The minimum Gasteiger partial charge on any atom is -0.354 e. The van der Waals surface area contributed by atoms with Gasteiger partial charge in [-0.3, -0.25) is 9.59 Å². The Kier molecular flexibility index (Phi) is 5.47. The van der Waals surface area contributed by atoms with Crippen molar-refractivity contribution in [1.29, 1.82) is 0 Å². The molecule has 2 fully saturated rings. The van der Waals surface area contributed by atoms with Gasteiger partial charge in [0, 0.05) is 24.9 Å². The predicted octanol–water partition coefficient (Wildman–Crippen LogP) is 2.60. The molecule has 23 heavy (non-hydrogen) atoms. The van der Waals surface area contributed by atoms with Gasteiger partial charge < -0.3 is 5.32 Å². The summed E-state index contributed by atoms with van der Waals surface area (Å²) in [6.45, 7) is 0.930. The third kappa shape index (κ3) is 4.91. The SMILES string of the molecule is O=C(CCC1CCCCC1)NCCn1nc(C2CC2)ccc1=O. The quantitative estimate of drug-likeness (QED) is 0.840. The zero-order valence-corrected chi connectivity index (χ0v) is 13.8. The van der Waals surface area contributed by atoms with E-state index in [0.717, 1.165) is 18.0 Å². The maximum absolute atomic E-state index is 11.9. The van der Waals surface area contributed by atoms with Gasteiger partial charge in [-0.2, -0.15) is 5.10 Å². The van der Waals surface area contributed by atoms with Crippen molar-refractivity contribution in [2.75, 3.05) is 6.54 Å². The van der Waals surface area contributed by atoms with Crippen LogP contribution in [0.4, 0.5) is 0 Å². The highest BCUT2D eigenvalue weighted by Gasteiger charge is 2.25. The fourth-order valence-corrected chi connectivity index (χ4v) is 3.42. The second kappa shape index (κ2) is 7.75. The van der Waals surface area contributed by atoms with Crippen LogP contribution in [-0.4, -0.2) is 22.2 Å². The van der Waals surface area contributed by atoms with Crippen LogP contribution in [0.1, 0.15) is 69.4 Å². The Labute approximate surface area is 137 Å². The molecule has 2 aliphatic carbocycles. The van der Waals surface area contributed by atoms with E-state index in [0.29, 0.717) is 25.4 Å². The highest BCUT2D eigenvalue weighted by molar-refractivity contribution is 5.75. The zero-order chi connectivity index (χ0) is 16.1. The van der Waals surface area contributed by atoms with Gasteiger partial charge in [0.1, 0.15) is 0 Å². The first-order valence-corrected chi connectivity index (χ1v) is 9.07. The summed E-state index contributed by atoms with van der Waals surface area (Å²) in [7, 11) is 0. The van der Waals surface area contributed by atoms with Crippen LogP contribution in [-0.2, 0) is 11.3 Å². The second-order valence-electron chi connectivity index (χ2n) is 6.99. The first kappa shape index (κ1) is 16.2. The lowest BCUT2D eigenvalue weighted by molar-refractivity contribution is -0.121. The molecule has 126 valence electrons. The van der Waals surface area contributed by atoms with E-state index in [1.807, 2.05) is 6.07 Å². The van der Waals surface area contributed by atoms with Gasteiger partial charge in [-0.1, -0.05) is 32.1 Å². The first-order valence-electron chi connectivity index (χ1n) is 9.07. The number of nitrogens with zero attached hydrogens (tertiary/aromatic N) is 2. The molecular weight excluding hydrogens is 290 g/mol. The molecule has 0 spiro atoms. The Morgan fingerprint density at radius 2 is 1.96 bits per heavy atom. The van der Waals surface area contributed by atoms with E-state index in [4.69, 9.17) is 0 Å². The van der Waals surface area contributed by atoms with Crippen LogP contribution in [0, 0.1) is 5.92 Å². The molecule has 1 N–H and O–H groups in total. The first-order chi connectivity index (χ1) is 11.2. The molecule has 0 aliphatic heterocycles. The molecule has 1 heterocycles. The topological polar surface area (TPSA) is 64.0 Å². The average molecular weight is 317 g/mol. The number of carbonyl (C=O) groups excluding carboxylic acids is 1. The molecule has 0 unspecified atom stereocenters. The lowest BCUT2D eigenvalue weighted by atomic mass is 9.86. The highest BCUT2D eigenvalue weighted by atomic mass is 16.1. The molecule has 2 aliphatic rings. The van der Waals surface area contributed by atoms with Crippen LogP contribution in [0.2, 0.25) is 0 Å². The van der Waals surface area contributed by atoms with E-state index >= 15 is 0 Å². The molecule has 0 aromatic carbocycles. The fourth-order valence-electron chi connectivity index (χ4n) is 3.42. The van der Waals surface area contributed by atoms with Gasteiger partial charge in [-0.05, 0) is 31.2 Å². The third-order valence-electron chi connectivity index (χ3n) is 5.03. The van der Waals surface area contributed by atoms with Crippen LogP contribution < -0.4 is 10.9 Å². The van der Waals surface area contributed by atoms with Crippen LogP contribution in [0.5, 0.6) is 0 Å². The van der Waals surface area contributed by atoms with Gasteiger partial charge in [0.05, 0.1) is 12.2 Å². The highest BCUT2D eigenvalue weighted by Crippen LogP contribution is 2.38. The molecule has 2 saturated carbocycles. The number of aromatic nitrogens is 2. The van der Waals surface area contributed by atoms with E-state index in [2.05, 4.69) is 10.4 Å². The molecule has 1 aromatic rings. The third-order valence-corrected chi connectivity index (χ3v) is 5.03. The van der Waals surface area contributed by atoms with E-state index in [-0.39, 0.29) is 11.5 Å². The number of carbonyl (C=O) groups is 1. The van der Waals surface area contributed by atoms with Gasteiger partial charge in [-0.15, -0.1) is 0 Å². The van der Waals surface area contributed by atoms with E-state index in [9.17, 15) is 9.59 Å². The summed E-state index contributed by atoms with van der Waals surface area (Å²) in [5.74, 6) is 1.36. The molecule has 0 bridgehead atoms. The molecule has 0 atom stereocenters. The molecule has 5 nitrogen and oxygen atoms in total. The number of hydrogen-bond acceptors (Lipinski definition) is 3. The summed E-state index contributed by atoms with van der Waals surface area (Å²) in [5, 5.41) is 7.33. The van der Waals surface area contributed by atoms with Crippen LogP contribution in [0.15, 0.2) is 16.9 Å². The summed E-state index contributed by atoms with van der Waals surface area (Å²) < 4.78 is 1.48. The van der Waals surface area contributed by atoms with Crippen LogP contribution in [0.25, 0.3) is 0 Å². The largest absolute Gasteiger partial charge is 0.354 e. The summed E-state index contributed by atoms with van der Waals surface area (Å²) in [4.78, 5) is 23.7. The predicted molar refractivity (Wildman–Crippen MR) is 89.3 cm³/mol. The van der Waals surface area contributed by atoms with Crippen molar-refractivity contribution in [3.05, 3.63) is 28.2 Å². The number of hydrogen-bond donors (Lipinski definition) is 1. The fraction of sp³-hybridized carbons (Fsp3) is 0.722. The Morgan fingerprint density at radius 3 is 2.70 bits per heavy atom. The van der Waals surface area contributed by atoms with Crippen molar-refractivity contribution in [3.8, 4) is 0 Å². The number of rotatable bonds is 7. The summed E-state index contributed by atoms with van der Waals surface area (Å²) >= 11 is 0. The lowest BCUT2D eigenvalue weighted by Gasteiger charge is -2.21. The van der Waals surface area contributed by atoms with Crippen molar-refractivity contribution >= 4 is 5.91 Å². The Morgan fingerprint density at radius 1 is 1.17 bits per heavy atom. The van der Waals surface area contributed by atoms with Crippen molar-refractivity contribution < 1.29 is 4.79 Å². The average Bonchev–Trinajstić information content (AvgIpc) is 3.41. The van der Waals surface area contributed by atoms with Crippen molar-refractivity contribution in [3.63, 3.8) is 0 Å². The minimum atomic E-state index is -0.0918. The van der Waals surface area contributed by atoms with Crippen molar-refractivity contribution in [2.45, 2.75) is 70.3 Å². The molecule has 5 heteroatoms. The smallest absolute Gasteiger partial charge is 0.266 e. The van der Waals surface area contributed by atoms with Gasteiger partial charge in [0.15, 0.2) is 0 Å². The maximum Gasteiger partial charge on any atom is 0.266 e. The molecule has 0 radical (unpaired) electrons. The van der Waals surface area contributed by atoms with Crippen LogP contribution in [0.3, 0.4) is 0 Å². The summed E-state index contributed by atoms with van der Waals surface area (Å²) in [6.07, 6.45) is 10.5. The van der Waals surface area contributed by atoms with Crippen molar-refractivity contribution in [1.82, 2.24) is 15.1 Å². The van der Waals surface area contributed by atoms with E-state index in [1.54, 1.807) is 6.07 Å². The lowest BCUT2D eigenvalue weighted by Crippen LogP contribution is -2.32. The zero-order valence-electron chi connectivity index (χ0n) is 13.8. The molecule has 1 aromatic heterocycles. The number of amides is 1. The van der Waals surface area contributed by atoms with Crippen LogP contribution >= 0.6 is 0 Å². The van der Waals surface area contributed by atoms with Gasteiger partial charge in [0.25, 0.3) is 5.56 Å². The normalized spacial score (nSPS) is 18.8. The molecular formula is C18H27N3O2.